The Morgan fingerprint density at radius 1 is 1.29 bits per heavy atom. The molecule has 17 heavy (non-hydrogen) atoms. The third-order valence-electron chi connectivity index (χ3n) is 2.97. The number of hydrogen-bond acceptors (Lipinski definition) is 2. The lowest BCUT2D eigenvalue weighted by Crippen LogP contribution is -2.21. The van der Waals surface area contributed by atoms with Crippen molar-refractivity contribution in [1.29, 1.82) is 0 Å². The zero-order valence-electron chi connectivity index (χ0n) is 9.79. The van der Waals surface area contributed by atoms with Gasteiger partial charge in [-0.25, -0.2) is 4.39 Å². The van der Waals surface area contributed by atoms with Gasteiger partial charge >= 0.3 is 0 Å². The topological polar surface area (TPSA) is 12.5 Å². The van der Waals surface area contributed by atoms with Crippen molar-refractivity contribution in [2.45, 2.75) is 19.3 Å². The first-order valence-electron chi connectivity index (χ1n) is 6.06. The van der Waals surface area contributed by atoms with E-state index < -0.39 is 0 Å². The quantitative estimate of drug-likeness (QED) is 0.772. The van der Waals surface area contributed by atoms with Crippen LogP contribution in [0.5, 0.6) is 5.75 Å². The third kappa shape index (κ3) is 3.96. The molecule has 0 atom stereocenters. The lowest BCUT2D eigenvalue weighted by atomic mass is 10.3. The molecule has 0 aliphatic carbocycles. The molecule has 1 aromatic rings. The second kappa shape index (κ2) is 6.36. The summed E-state index contributed by atoms with van der Waals surface area (Å²) in [6.45, 7) is 4.03. The van der Waals surface area contributed by atoms with Crippen LogP contribution in [0.25, 0.3) is 0 Å². The fraction of sp³-hybridized carbons (Fsp3) is 0.538. The van der Waals surface area contributed by atoms with Crippen LogP contribution in [0.1, 0.15) is 19.3 Å². The van der Waals surface area contributed by atoms with Gasteiger partial charge in [0.2, 0.25) is 0 Å². The van der Waals surface area contributed by atoms with Gasteiger partial charge in [0.1, 0.15) is 0 Å². The standard InChI is InChI=1S/C13H17BrFNO/c14-11-4-5-13(12(15)10-11)17-9-3-8-16-6-1-2-7-16/h4-5,10H,1-3,6-9H2. The Balaban J connectivity index is 1.70. The van der Waals surface area contributed by atoms with Crippen LogP contribution in [0.15, 0.2) is 22.7 Å². The van der Waals surface area contributed by atoms with Gasteiger partial charge < -0.3 is 9.64 Å². The second-order valence-corrected chi connectivity index (χ2v) is 5.24. The van der Waals surface area contributed by atoms with Gasteiger partial charge in [-0.1, -0.05) is 15.9 Å². The van der Waals surface area contributed by atoms with Crippen LogP contribution in [-0.4, -0.2) is 31.1 Å². The highest BCUT2D eigenvalue weighted by molar-refractivity contribution is 9.10. The number of rotatable bonds is 5. The summed E-state index contributed by atoms with van der Waals surface area (Å²) in [6.07, 6.45) is 3.57. The van der Waals surface area contributed by atoms with Gasteiger partial charge in [0.15, 0.2) is 11.6 Å². The highest BCUT2D eigenvalue weighted by atomic mass is 79.9. The summed E-state index contributed by atoms with van der Waals surface area (Å²) in [5.41, 5.74) is 0. The Morgan fingerprint density at radius 2 is 2.06 bits per heavy atom. The number of ether oxygens (including phenoxy) is 1. The second-order valence-electron chi connectivity index (χ2n) is 4.33. The number of likely N-dealkylation sites (tertiary alicyclic amines) is 1. The first-order chi connectivity index (χ1) is 8.25. The van der Waals surface area contributed by atoms with Crippen molar-refractivity contribution in [1.82, 2.24) is 4.90 Å². The third-order valence-corrected chi connectivity index (χ3v) is 3.46. The first-order valence-corrected chi connectivity index (χ1v) is 6.85. The molecule has 1 heterocycles. The van der Waals surface area contributed by atoms with E-state index in [0.717, 1.165) is 17.4 Å². The average molecular weight is 302 g/mol. The molecular weight excluding hydrogens is 285 g/mol. The maximum atomic E-state index is 13.4. The van der Waals surface area contributed by atoms with Crippen LogP contribution in [0, 0.1) is 5.82 Å². The summed E-state index contributed by atoms with van der Waals surface area (Å²) >= 11 is 3.22. The van der Waals surface area contributed by atoms with Gasteiger partial charge in [-0.3, -0.25) is 0 Å². The molecule has 2 rings (SSSR count). The first kappa shape index (κ1) is 12.8. The molecule has 94 valence electrons. The molecule has 0 saturated carbocycles. The Hall–Kier alpha value is -0.610. The minimum absolute atomic E-state index is 0.305. The summed E-state index contributed by atoms with van der Waals surface area (Å²) in [6, 6.07) is 4.88. The highest BCUT2D eigenvalue weighted by Gasteiger charge is 2.10. The minimum atomic E-state index is -0.305. The summed E-state index contributed by atoms with van der Waals surface area (Å²) in [5.74, 6) is 0.0372. The number of hydrogen-bond donors (Lipinski definition) is 0. The van der Waals surface area contributed by atoms with Crippen LogP contribution in [0.2, 0.25) is 0 Å². The van der Waals surface area contributed by atoms with Crippen LogP contribution < -0.4 is 4.74 Å². The smallest absolute Gasteiger partial charge is 0.166 e. The summed E-state index contributed by atoms with van der Waals surface area (Å²) in [5, 5.41) is 0. The van der Waals surface area contributed by atoms with Crippen LogP contribution in [-0.2, 0) is 0 Å². The van der Waals surface area contributed by atoms with Crippen molar-refractivity contribution < 1.29 is 9.13 Å². The SMILES string of the molecule is Fc1cc(Br)ccc1OCCCN1CCCC1. The molecule has 0 bridgehead atoms. The van der Waals surface area contributed by atoms with Gasteiger partial charge in [0, 0.05) is 11.0 Å². The molecule has 1 aliphatic rings. The van der Waals surface area contributed by atoms with Gasteiger partial charge in [-0.05, 0) is 50.6 Å². The predicted molar refractivity (Wildman–Crippen MR) is 69.9 cm³/mol. The molecular formula is C13H17BrFNO. The zero-order valence-corrected chi connectivity index (χ0v) is 11.4. The number of halogens is 2. The van der Waals surface area contributed by atoms with Crippen molar-refractivity contribution in [2.75, 3.05) is 26.2 Å². The van der Waals surface area contributed by atoms with E-state index in [-0.39, 0.29) is 5.82 Å². The van der Waals surface area contributed by atoms with Crippen molar-refractivity contribution in [3.05, 3.63) is 28.5 Å². The molecule has 4 heteroatoms. The Kier molecular flexibility index (Phi) is 4.80. The summed E-state index contributed by atoms with van der Waals surface area (Å²) in [4.78, 5) is 2.43. The van der Waals surface area contributed by atoms with E-state index in [2.05, 4.69) is 20.8 Å². The molecule has 1 aromatic carbocycles. The average Bonchev–Trinajstić information content (AvgIpc) is 2.79. The van der Waals surface area contributed by atoms with E-state index in [1.807, 2.05) is 0 Å². The van der Waals surface area contributed by atoms with E-state index in [1.165, 1.54) is 32.0 Å². The molecule has 1 aliphatic heterocycles. The molecule has 0 aromatic heterocycles. The minimum Gasteiger partial charge on any atom is -0.490 e. The molecule has 0 radical (unpaired) electrons. The van der Waals surface area contributed by atoms with Crippen LogP contribution >= 0.6 is 15.9 Å². The number of nitrogens with zero attached hydrogens (tertiary/aromatic N) is 1. The molecule has 2 nitrogen and oxygen atoms in total. The molecule has 0 N–H and O–H groups in total. The van der Waals surface area contributed by atoms with Crippen molar-refractivity contribution in [3.8, 4) is 5.75 Å². The molecule has 0 spiro atoms. The Bertz CT molecular complexity index is 366. The van der Waals surface area contributed by atoms with E-state index >= 15 is 0 Å². The lowest BCUT2D eigenvalue weighted by molar-refractivity contribution is 0.256. The summed E-state index contributed by atoms with van der Waals surface area (Å²) in [7, 11) is 0. The monoisotopic (exact) mass is 301 g/mol. The van der Waals surface area contributed by atoms with Crippen molar-refractivity contribution in [3.63, 3.8) is 0 Å². The molecule has 1 fully saturated rings. The summed E-state index contributed by atoms with van der Waals surface area (Å²) < 4.78 is 19.6. The largest absolute Gasteiger partial charge is 0.490 e. The van der Waals surface area contributed by atoms with Crippen LogP contribution in [0.3, 0.4) is 0 Å². The number of benzene rings is 1. The van der Waals surface area contributed by atoms with Crippen LogP contribution in [0.4, 0.5) is 4.39 Å². The fourth-order valence-electron chi connectivity index (χ4n) is 2.07. The van der Waals surface area contributed by atoms with E-state index in [9.17, 15) is 4.39 Å². The van der Waals surface area contributed by atoms with Gasteiger partial charge in [-0.2, -0.15) is 0 Å². The maximum absolute atomic E-state index is 13.4. The van der Waals surface area contributed by atoms with Gasteiger partial charge in [0.25, 0.3) is 0 Å². The Labute approximate surface area is 110 Å². The predicted octanol–water partition coefficient (Wildman–Crippen LogP) is 3.45. The van der Waals surface area contributed by atoms with Crippen molar-refractivity contribution in [2.24, 2.45) is 0 Å². The molecule has 0 amide bonds. The highest BCUT2D eigenvalue weighted by Crippen LogP contribution is 2.21. The Morgan fingerprint density at radius 3 is 2.76 bits per heavy atom. The fourth-order valence-corrected chi connectivity index (χ4v) is 2.40. The zero-order chi connectivity index (χ0) is 12.1. The lowest BCUT2D eigenvalue weighted by Gasteiger charge is -2.14. The van der Waals surface area contributed by atoms with Crippen molar-refractivity contribution >= 4 is 15.9 Å². The van der Waals surface area contributed by atoms with E-state index in [1.54, 1.807) is 12.1 Å². The maximum Gasteiger partial charge on any atom is 0.166 e. The normalized spacial score (nSPS) is 16.4. The molecule has 1 saturated heterocycles. The van der Waals surface area contributed by atoms with Gasteiger partial charge in [-0.15, -0.1) is 0 Å². The van der Waals surface area contributed by atoms with E-state index in [4.69, 9.17) is 4.74 Å². The van der Waals surface area contributed by atoms with Gasteiger partial charge in [0.05, 0.1) is 6.61 Å². The van der Waals surface area contributed by atoms with E-state index in [0.29, 0.717) is 12.4 Å². The molecule has 0 unspecified atom stereocenters.